The highest BCUT2D eigenvalue weighted by molar-refractivity contribution is 5.74. The fraction of sp³-hybridized carbons (Fsp3) is 0.154. The van der Waals surface area contributed by atoms with Crippen LogP contribution in [-0.2, 0) is 11.2 Å². The van der Waals surface area contributed by atoms with Crippen LogP contribution in [0.4, 0.5) is 5.69 Å². The molecule has 0 spiro atoms. The van der Waals surface area contributed by atoms with Crippen molar-refractivity contribution in [3.05, 3.63) is 41.4 Å². The number of hydrogen-bond acceptors (Lipinski definition) is 6. The van der Waals surface area contributed by atoms with E-state index < -0.39 is 5.97 Å². The van der Waals surface area contributed by atoms with Crippen molar-refractivity contribution in [1.29, 1.82) is 5.26 Å². The number of nitriles is 1. The van der Waals surface area contributed by atoms with Crippen molar-refractivity contribution in [2.75, 3.05) is 5.32 Å². The van der Waals surface area contributed by atoms with Crippen LogP contribution in [0.25, 0.3) is 5.57 Å². The number of carbonyl (C=O) groups is 1. The normalized spacial score (nSPS) is 11.0. The zero-order chi connectivity index (χ0) is 15.2. The van der Waals surface area contributed by atoms with Crippen LogP contribution in [0.3, 0.4) is 0 Å². The summed E-state index contributed by atoms with van der Waals surface area (Å²) in [6.07, 6.45) is 1.45. The Balaban J connectivity index is 2.15. The van der Waals surface area contributed by atoms with E-state index in [2.05, 4.69) is 25.9 Å². The number of benzene rings is 1. The fourth-order valence-corrected chi connectivity index (χ4v) is 1.73. The third-order valence-electron chi connectivity index (χ3n) is 2.77. The lowest BCUT2D eigenvalue weighted by molar-refractivity contribution is -0.136. The minimum absolute atomic E-state index is 0.0196. The van der Waals surface area contributed by atoms with E-state index in [4.69, 9.17) is 10.4 Å². The van der Waals surface area contributed by atoms with Gasteiger partial charge in [0.25, 0.3) is 0 Å². The van der Waals surface area contributed by atoms with Crippen LogP contribution < -0.4 is 5.32 Å². The molecule has 0 aliphatic rings. The highest BCUT2D eigenvalue weighted by Crippen LogP contribution is 2.17. The number of allylic oxidation sites excluding steroid dienone is 1. The number of nitrogens with one attached hydrogen (secondary N) is 2. The Bertz CT molecular complexity index is 715. The average molecular weight is 284 g/mol. The minimum Gasteiger partial charge on any atom is -0.481 e. The van der Waals surface area contributed by atoms with Crippen molar-refractivity contribution >= 4 is 17.2 Å². The molecule has 0 atom stereocenters. The van der Waals surface area contributed by atoms with Gasteiger partial charge in [-0.3, -0.25) is 4.79 Å². The van der Waals surface area contributed by atoms with Gasteiger partial charge in [0.1, 0.15) is 11.6 Å². The molecule has 106 valence electrons. The van der Waals surface area contributed by atoms with E-state index in [0.717, 1.165) is 16.8 Å². The summed E-state index contributed by atoms with van der Waals surface area (Å²) in [5.74, 6) is -0.674. The zero-order valence-electron chi connectivity index (χ0n) is 11.2. The first-order valence-electron chi connectivity index (χ1n) is 6.02. The molecule has 0 aliphatic carbocycles. The number of aliphatic carboxylic acids is 1. The molecule has 3 N–H and O–H groups in total. The summed E-state index contributed by atoms with van der Waals surface area (Å²) in [5.41, 5.74) is 2.57. The van der Waals surface area contributed by atoms with Gasteiger partial charge < -0.3 is 10.4 Å². The number of aryl methyl sites for hydroxylation is 1. The Labute approximate surface area is 120 Å². The summed E-state index contributed by atoms with van der Waals surface area (Å²) < 4.78 is 0. The number of anilines is 1. The molecule has 0 unspecified atom stereocenters. The molecule has 0 bridgehead atoms. The van der Waals surface area contributed by atoms with Gasteiger partial charge in [-0.2, -0.15) is 10.5 Å². The lowest BCUT2D eigenvalue weighted by atomic mass is 10.1. The molecule has 1 aromatic carbocycles. The summed E-state index contributed by atoms with van der Waals surface area (Å²) >= 11 is 0. The Hall–Kier alpha value is -3.21. The second kappa shape index (κ2) is 6.29. The molecule has 0 aliphatic heterocycles. The molecule has 0 fully saturated rings. The molecule has 0 amide bonds. The number of nitrogens with zero attached hydrogens (tertiary/aromatic N) is 4. The molecular formula is C13H12N6O2. The number of aromatic nitrogens is 4. The highest BCUT2D eigenvalue weighted by Gasteiger charge is 2.07. The first kappa shape index (κ1) is 14.2. The van der Waals surface area contributed by atoms with E-state index in [0.29, 0.717) is 0 Å². The average Bonchev–Trinajstić information content (AvgIpc) is 2.96. The van der Waals surface area contributed by atoms with Gasteiger partial charge in [-0.1, -0.05) is 6.07 Å². The number of carboxylic acid groups (broad SMARTS) is 1. The van der Waals surface area contributed by atoms with Gasteiger partial charge in [0.05, 0.1) is 6.42 Å². The van der Waals surface area contributed by atoms with Gasteiger partial charge in [-0.25, -0.2) is 0 Å². The van der Waals surface area contributed by atoms with Crippen molar-refractivity contribution in [2.45, 2.75) is 13.3 Å². The van der Waals surface area contributed by atoms with Crippen LogP contribution in [-0.4, -0.2) is 31.7 Å². The van der Waals surface area contributed by atoms with Gasteiger partial charge >= 0.3 is 5.97 Å². The number of tetrazole rings is 1. The van der Waals surface area contributed by atoms with Crippen LogP contribution >= 0.6 is 0 Å². The molecule has 2 rings (SSSR count). The highest BCUT2D eigenvalue weighted by atomic mass is 16.4. The van der Waals surface area contributed by atoms with E-state index in [1.165, 1.54) is 6.20 Å². The first-order chi connectivity index (χ1) is 10.1. The van der Waals surface area contributed by atoms with Gasteiger partial charge in [0, 0.05) is 11.9 Å². The Morgan fingerprint density at radius 1 is 1.57 bits per heavy atom. The van der Waals surface area contributed by atoms with E-state index >= 15 is 0 Å². The maximum atomic E-state index is 10.7. The summed E-state index contributed by atoms with van der Waals surface area (Å²) in [5, 5.41) is 33.9. The first-order valence-corrected chi connectivity index (χ1v) is 6.02. The molecule has 2 aromatic rings. The van der Waals surface area contributed by atoms with E-state index in [1.54, 1.807) is 18.2 Å². The van der Waals surface area contributed by atoms with Crippen LogP contribution in [0.15, 0.2) is 24.4 Å². The molecule has 1 aromatic heterocycles. The van der Waals surface area contributed by atoms with Crippen LogP contribution in [0.5, 0.6) is 0 Å². The smallest absolute Gasteiger partial charge is 0.307 e. The van der Waals surface area contributed by atoms with Crippen LogP contribution in [0, 0.1) is 18.3 Å². The molecular weight excluding hydrogens is 272 g/mol. The molecule has 0 radical (unpaired) electrons. The molecule has 8 heteroatoms. The SMILES string of the molecule is Cc1cc(NC=C(C#N)c2nn[nH]n2)ccc1CC(=O)O. The van der Waals surface area contributed by atoms with E-state index in [-0.39, 0.29) is 17.8 Å². The Morgan fingerprint density at radius 2 is 2.38 bits per heavy atom. The van der Waals surface area contributed by atoms with Gasteiger partial charge in [-0.15, -0.1) is 10.2 Å². The molecule has 0 saturated heterocycles. The number of carboxylic acids is 1. The van der Waals surface area contributed by atoms with E-state index in [9.17, 15) is 4.79 Å². The Kier molecular flexibility index (Phi) is 4.26. The van der Waals surface area contributed by atoms with Crippen molar-refractivity contribution in [2.24, 2.45) is 0 Å². The lowest BCUT2D eigenvalue weighted by Crippen LogP contribution is -2.02. The molecule has 8 nitrogen and oxygen atoms in total. The van der Waals surface area contributed by atoms with Crippen molar-refractivity contribution < 1.29 is 9.90 Å². The monoisotopic (exact) mass is 284 g/mol. The third-order valence-corrected chi connectivity index (χ3v) is 2.77. The predicted octanol–water partition coefficient (Wildman–Crippen LogP) is 1.11. The largest absolute Gasteiger partial charge is 0.481 e. The standard InChI is InChI=1S/C13H12N6O2/c1-8-4-11(3-2-9(8)5-12(20)21)15-7-10(6-14)13-16-18-19-17-13/h2-4,7,15H,5H2,1H3,(H,20,21)(H,16,17,18,19). The third kappa shape index (κ3) is 3.63. The summed E-state index contributed by atoms with van der Waals surface area (Å²) in [7, 11) is 0. The van der Waals surface area contributed by atoms with E-state index in [1.807, 2.05) is 13.0 Å². The zero-order valence-corrected chi connectivity index (χ0v) is 11.2. The van der Waals surface area contributed by atoms with Crippen molar-refractivity contribution in [3.63, 3.8) is 0 Å². The molecule has 1 heterocycles. The quantitative estimate of drug-likeness (QED) is 0.701. The summed E-state index contributed by atoms with van der Waals surface area (Å²) in [6, 6.07) is 7.25. The Morgan fingerprint density at radius 3 is 2.95 bits per heavy atom. The lowest BCUT2D eigenvalue weighted by Gasteiger charge is -2.07. The number of aromatic amines is 1. The molecule has 0 saturated carbocycles. The second-order valence-electron chi connectivity index (χ2n) is 4.26. The predicted molar refractivity (Wildman–Crippen MR) is 73.9 cm³/mol. The van der Waals surface area contributed by atoms with Crippen molar-refractivity contribution in [1.82, 2.24) is 20.6 Å². The second-order valence-corrected chi connectivity index (χ2v) is 4.26. The van der Waals surface area contributed by atoms with Gasteiger partial charge in [-0.05, 0) is 35.4 Å². The van der Waals surface area contributed by atoms with Crippen molar-refractivity contribution in [3.8, 4) is 6.07 Å². The fourth-order valence-electron chi connectivity index (χ4n) is 1.73. The maximum Gasteiger partial charge on any atom is 0.307 e. The van der Waals surface area contributed by atoms with Gasteiger partial charge in [0.2, 0.25) is 5.82 Å². The maximum absolute atomic E-state index is 10.7. The molecule has 21 heavy (non-hydrogen) atoms. The topological polar surface area (TPSA) is 128 Å². The minimum atomic E-state index is -0.873. The number of rotatable bonds is 5. The summed E-state index contributed by atoms with van der Waals surface area (Å²) in [4.78, 5) is 10.7. The summed E-state index contributed by atoms with van der Waals surface area (Å²) in [6.45, 7) is 1.83. The van der Waals surface area contributed by atoms with Crippen LogP contribution in [0.2, 0.25) is 0 Å². The number of hydrogen-bond donors (Lipinski definition) is 3. The van der Waals surface area contributed by atoms with Gasteiger partial charge in [0.15, 0.2) is 0 Å². The van der Waals surface area contributed by atoms with Crippen LogP contribution in [0.1, 0.15) is 17.0 Å². The number of H-pyrrole nitrogens is 1.